The summed E-state index contributed by atoms with van der Waals surface area (Å²) < 4.78 is 6.59. The van der Waals surface area contributed by atoms with Crippen molar-refractivity contribution in [3.8, 4) is 5.75 Å². The first-order valence-electron chi connectivity index (χ1n) is 5.52. The molecule has 0 saturated heterocycles. The minimum Gasteiger partial charge on any atom is -0.494 e. The van der Waals surface area contributed by atoms with Crippen LogP contribution in [0, 0.1) is 0 Å². The van der Waals surface area contributed by atoms with Crippen LogP contribution in [-0.2, 0) is 0 Å². The van der Waals surface area contributed by atoms with Crippen molar-refractivity contribution in [2.75, 3.05) is 14.2 Å². The van der Waals surface area contributed by atoms with Crippen LogP contribution in [0.1, 0.15) is 13.1 Å². The van der Waals surface area contributed by atoms with E-state index in [9.17, 15) is 4.79 Å². The lowest BCUT2D eigenvalue weighted by molar-refractivity contribution is 0.418. The van der Waals surface area contributed by atoms with Crippen molar-refractivity contribution in [3.63, 3.8) is 0 Å². The van der Waals surface area contributed by atoms with Gasteiger partial charge in [0.2, 0.25) is 5.28 Å². The molecule has 0 radical (unpaired) electrons. The zero-order chi connectivity index (χ0) is 13.3. The molecule has 0 bridgehead atoms. The van der Waals surface area contributed by atoms with Crippen LogP contribution in [-0.4, -0.2) is 23.7 Å². The van der Waals surface area contributed by atoms with E-state index in [-0.39, 0.29) is 17.0 Å². The lowest BCUT2D eigenvalue weighted by atomic mass is 10.2. The largest absolute Gasteiger partial charge is 0.494 e. The maximum absolute atomic E-state index is 12.4. The third-order valence-electron chi connectivity index (χ3n) is 2.88. The number of aromatic nitrogens is 2. The van der Waals surface area contributed by atoms with Gasteiger partial charge in [0.25, 0.3) is 5.56 Å². The second kappa shape index (κ2) is 4.96. The van der Waals surface area contributed by atoms with Crippen LogP contribution in [0.25, 0.3) is 10.9 Å². The Morgan fingerprint density at radius 3 is 2.83 bits per heavy atom. The fraction of sp³-hybridized carbons (Fsp3) is 0.333. The van der Waals surface area contributed by atoms with E-state index in [0.717, 1.165) is 0 Å². The van der Waals surface area contributed by atoms with E-state index in [4.69, 9.17) is 16.3 Å². The molecule has 0 amide bonds. The number of nitrogens with zero attached hydrogens (tertiary/aromatic N) is 2. The number of benzene rings is 1. The van der Waals surface area contributed by atoms with E-state index in [0.29, 0.717) is 16.7 Å². The quantitative estimate of drug-likeness (QED) is 0.862. The normalized spacial score (nSPS) is 12.7. The van der Waals surface area contributed by atoms with E-state index < -0.39 is 0 Å². The molecule has 1 aromatic carbocycles. The SMILES string of the molecule is CNC(C)n1c(Cl)nc2c(OC)cccc2c1=O. The van der Waals surface area contributed by atoms with Gasteiger partial charge in [-0.25, -0.2) is 4.98 Å². The Morgan fingerprint density at radius 2 is 2.22 bits per heavy atom. The molecular formula is C12H14ClN3O2. The zero-order valence-electron chi connectivity index (χ0n) is 10.4. The number of hydrogen-bond acceptors (Lipinski definition) is 4. The average Bonchev–Trinajstić information content (AvgIpc) is 2.37. The molecule has 96 valence electrons. The summed E-state index contributed by atoms with van der Waals surface area (Å²) in [5.41, 5.74) is 0.292. The van der Waals surface area contributed by atoms with Gasteiger partial charge in [0, 0.05) is 0 Å². The number of nitrogens with one attached hydrogen (secondary N) is 1. The summed E-state index contributed by atoms with van der Waals surface area (Å²) >= 11 is 6.07. The van der Waals surface area contributed by atoms with Crippen LogP contribution < -0.4 is 15.6 Å². The lowest BCUT2D eigenvalue weighted by Crippen LogP contribution is -2.31. The number of fused-ring (bicyclic) bond motifs is 1. The summed E-state index contributed by atoms with van der Waals surface area (Å²) in [4.78, 5) is 16.6. The molecule has 2 rings (SSSR count). The summed E-state index contributed by atoms with van der Waals surface area (Å²) in [6.45, 7) is 1.83. The van der Waals surface area contributed by atoms with Crippen molar-refractivity contribution in [3.05, 3.63) is 33.8 Å². The number of ether oxygens (including phenoxy) is 1. The number of methoxy groups -OCH3 is 1. The van der Waals surface area contributed by atoms with Gasteiger partial charge in [-0.05, 0) is 37.7 Å². The molecule has 2 aromatic rings. The Morgan fingerprint density at radius 1 is 1.50 bits per heavy atom. The second-order valence-electron chi connectivity index (χ2n) is 3.88. The van der Waals surface area contributed by atoms with Crippen LogP contribution in [0.3, 0.4) is 0 Å². The summed E-state index contributed by atoms with van der Waals surface area (Å²) in [5, 5.41) is 3.59. The molecule has 0 aliphatic rings. The van der Waals surface area contributed by atoms with E-state index in [1.54, 1.807) is 25.2 Å². The minimum atomic E-state index is -0.229. The molecule has 1 atom stereocenters. The monoisotopic (exact) mass is 267 g/mol. The lowest BCUT2D eigenvalue weighted by Gasteiger charge is -2.16. The van der Waals surface area contributed by atoms with Gasteiger partial charge >= 0.3 is 0 Å². The molecule has 0 saturated carbocycles. The first-order valence-corrected chi connectivity index (χ1v) is 5.90. The Hall–Kier alpha value is -1.59. The Balaban J connectivity index is 2.84. The molecule has 0 spiro atoms. The van der Waals surface area contributed by atoms with Crippen molar-refractivity contribution in [2.24, 2.45) is 0 Å². The highest BCUT2D eigenvalue weighted by atomic mass is 35.5. The smallest absolute Gasteiger partial charge is 0.263 e. The van der Waals surface area contributed by atoms with Crippen LogP contribution in [0.2, 0.25) is 5.28 Å². The molecule has 1 heterocycles. The maximum atomic E-state index is 12.4. The van der Waals surface area contributed by atoms with Crippen molar-refractivity contribution >= 4 is 22.5 Å². The highest BCUT2D eigenvalue weighted by Gasteiger charge is 2.15. The number of hydrogen-bond donors (Lipinski definition) is 1. The number of para-hydroxylation sites is 1. The van der Waals surface area contributed by atoms with E-state index in [2.05, 4.69) is 10.3 Å². The molecule has 18 heavy (non-hydrogen) atoms. The molecular weight excluding hydrogens is 254 g/mol. The molecule has 1 aromatic heterocycles. The zero-order valence-corrected chi connectivity index (χ0v) is 11.2. The molecule has 1 unspecified atom stereocenters. The predicted molar refractivity (Wildman–Crippen MR) is 71.3 cm³/mol. The first kappa shape index (κ1) is 12.9. The second-order valence-corrected chi connectivity index (χ2v) is 4.22. The van der Waals surface area contributed by atoms with Crippen molar-refractivity contribution in [1.29, 1.82) is 0 Å². The van der Waals surface area contributed by atoms with Crippen LogP contribution in [0.4, 0.5) is 0 Å². The molecule has 0 aliphatic heterocycles. The van der Waals surface area contributed by atoms with E-state index in [1.807, 2.05) is 6.92 Å². The topological polar surface area (TPSA) is 56.1 Å². The summed E-state index contributed by atoms with van der Waals surface area (Å²) in [5.74, 6) is 0.538. The van der Waals surface area contributed by atoms with Gasteiger partial charge in [0.1, 0.15) is 11.3 Å². The molecule has 5 nitrogen and oxygen atoms in total. The van der Waals surface area contributed by atoms with Crippen molar-refractivity contribution in [1.82, 2.24) is 14.9 Å². The average molecular weight is 268 g/mol. The Labute approximate surface area is 109 Å². The highest BCUT2D eigenvalue weighted by molar-refractivity contribution is 6.28. The Bertz CT molecular complexity index is 639. The fourth-order valence-corrected chi connectivity index (χ4v) is 2.11. The number of rotatable bonds is 3. The molecule has 0 aliphatic carbocycles. The highest BCUT2D eigenvalue weighted by Crippen LogP contribution is 2.23. The van der Waals surface area contributed by atoms with Gasteiger partial charge in [-0.3, -0.25) is 9.36 Å². The molecule has 1 N–H and O–H groups in total. The third-order valence-corrected chi connectivity index (χ3v) is 3.14. The van der Waals surface area contributed by atoms with Gasteiger partial charge in [0.15, 0.2) is 0 Å². The van der Waals surface area contributed by atoms with Gasteiger partial charge in [-0.15, -0.1) is 0 Å². The van der Waals surface area contributed by atoms with E-state index >= 15 is 0 Å². The maximum Gasteiger partial charge on any atom is 0.263 e. The van der Waals surface area contributed by atoms with Gasteiger partial charge in [0.05, 0.1) is 18.7 Å². The first-order chi connectivity index (χ1) is 8.60. The fourth-order valence-electron chi connectivity index (χ4n) is 1.80. The van der Waals surface area contributed by atoms with Crippen LogP contribution in [0.15, 0.2) is 23.0 Å². The number of halogens is 1. The van der Waals surface area contributed by atoms with Gasteiger partial charge < -0.3 is 10.1 Å². The standard InChI is InChI=1S/C12H14ClN3O2/c1-7(14-2)16-11(17)8-5-4-6-9(18-3)10(8)15-12(16)13/h4-7,14H,1-3H3. The van der Waals surface area contributed by atoms with Crippen LogP contribution in [0.5, 0.6) is 5.75 Å². The van der Waals surface area contributed by atoms with Crippen molar-refractivity contribution < 1.29 is 4.74 Å². The predicted octanol–water partition coefficient (Wildman–Crippen LogP) is 1.80. The summed E-state index contributed by atoms with van der Waals surface area (Å²) in [6, 6.07) is 5.21. The Kier molecular flexibility index (Phi) is 3.54. The van der Waals surface area contributed by atoms with E-state index in [1.165, 1.54) is 11.7 Å². The van der Waals surface area contributed by atoms with Gasteiger partial charge in [-0.1, -0.05) is 6.07 Å². The van der Waals surface area contributed by atoms with Crippen LogP contribution >= 0.6 is 11.6 Å². The third kappa shape index (κ3) is 1.95. The molecule has 6 heteroatoms. The minimum absolute atomic E-state index is 0.138. The molecule has 0 fully saturated rings. The summed E-state index contributed by atoms with van der Waals surface area (Å²) in [6.07, 6.45) is -0.229. The van der Waals surface area contributed by atoms with Gasteiger partial charge in [-0.2, -0.15) is 0 Å². The summed E-state index contributed by atoms with van der Waals surface area (Å²) in [7, 11) is 3.29. The van der Waals surface area contributed by atoms with Crippen molar-refractivity contribution in [2.45, 2.75) is 13.1 Å².